The van der Waals surface area contributed by atoms with Crippen LogP contribution in [0.3, 0.4) is 0 Å². The summed E-state index contributed by atoms with van der Waals surface area (Å²) in [6.45, 7) is 2.87. The van der Waals surface area contributed by atoms with E-state index < -0.39 is 23.1 Å². The minimum absolute atomic E-state index is 0.108. The fourth-order valence-corrected chi connectivity index (χ4v) is 1.85. The zero-order chi connectivity index (χ0) is 15.6. The zero-order valence-corrected chi connectivity index (χ0v) is 11.5. The number of anilines is 1. The molecule has 0 aliphatic rings. The van der Waals surface area contributed by atoms with Gasteiger partial charge in [0.15, 0.2) is 5.78 Å². The van der Waals surface area contributed by atoms with Gasteiger partial charge in [-0.05, 0) is 49.7 Å². The number of benzene rings is 2. The number of rotatable bonds is 3. The first-order valence-electron chi connectivity index (χ1n) is 6.27. The Labute approximate surface area is 120 Å². The number of halogens is 2. The minimum atomic E-state index is -0.920. The second kappa shape index (κ2) is 5.83. The third-order valence-electron chi connectivity index (χ3n) is 3.06. The molecule has 0 atom stereocenters. The smallest absolute Gasteiger partial charge is 0.261 e. The monoisotopic (exact) mass is 289 g/mol. The van der Waals surface area contributed by atoms with E-state index in [1.807, 2.05) is 0 Å². The standard InChI is InChI=1S/C16H13F2NO2/c1-9-3-8-13(17)14(15(9)18)16(21)19-12-6-4-11(5-7-12)10(2)20/h3-8H,1-2H3,(H,19,21). The molecular weight excluding hydrogens is 276 g/mol. The molecule has 1 N–H and O–H groups in total. The molecule has 1 amide bonds. The van der Waals surface area contributed by atoms with Crippen LogP contribution in [0.4, 0.5) is 14.5 Å². The van der Waals surface area contributed by atoms with Crippen LogP contribution in [0, 0.1) is 18.6 Å². The van der Waals surface area contributed by atoms with Crippen molar-refractivity contribution in [1.29, 1.82) is 0 Å². The fourth-order valence-electron chi connectivity index (χ4n) is 1.85. The Morgan fingerprint density at radius 1 is 1.00 bits per heavy atom. The van der Waals surface area contributed by atoms with Crippen molar-refractivity contribution < 1.29 is 18.4 Å². The van der Waals surface area contributed by atoms with Crippen molar-refractivity contribution in [2.24, 2.45) is 0 Å². The van der Waals surface area contributed by atoms with Gasteiger partial charge in [0.05, 0.1) is 0 Å². The second-order valence-electron chi connectivity index (χ2n) is 4.64. The van der Waals surface area contributed by atoms with Gasteiger partial charge in [0.1, 0.15) is 17.2 Å². The van der Waals surface area contributed by atoms with Gasteiger partial charge in [-0.25, -0.2) is 8.78 Å². The molecule has 2 aromatic carbocycles. The Morgan fingerprint density at radius 2 is 1.62 bits per heavy atom. The average Bonchev–Trinajstić information content (AvgIpc) is 2.44. The van der Waals surface area contributed by atoms with Crippen molar-refractivity contribution in [2.75, 3.05) is 5.32 Å². The number of aryl methyl sites for hydroxylation is 1. The number of amides is 1. The Kier molecular flexibility index (Phi) is 4.12. The highest BCUT2D eigenvalue weighted by Gasteiger charge is 2.19. The maximum atomic E-state index is 13.8. The molecule has 2 aromatic rings. The van der Waals surface area contributed by atoms with E-state index in [1.54, 1.807) is 0 Å². The number of carbonyl (C=O) groups excluding carboxylic acids is 2. The van der Waals surface area contributed by atoms with Gasteiger partial charge in [-0.15, -0.1) is 0 Å². The second-order valence-corrected chi connectivity index (χ2v) is 4.64. The summed E-state index contributed by atoms with van der Waals surface area (Å²) in [5.74, 6) is -2.78. The van der Waals surface area contributed by atoms with Crippen LogP contribution in [0.5, 0.6) is 0 Å². The van der Waals surface area contributed by atoms with Crippen LogP contribution in [0.15, 0.2) is 36.4 Å². The molecule has 3 nitrogen and oxygen atoms in total. The first-order valence-corrected chi connectivity index (χ1v) is 6.27. The van der Waals surface area contributed by atoms with Crippen LogP contribution in [-0.2, 0) is 0 Å². The molecule has 0 bridgehead atoms. The van der Waals surface area contributed by atoms with E-state index in [4.69, 9.17) is 0 Å². The molecule has 0 fully saturated rings. The van der Waals surface area contributed by atoms with Gasteiger partial charge in [0.2, 0.25) is 0 Å². The van der Waals surface area contributed by atoms with E-state index in [2.05, 4.69) is 5.32 Å². The lowest BCUT2D eigenvalue weighted by atomic mass is 10.1. The third-order valence-corrected chi connectivity index (χ3v) is 3.06. The van der Waals surface area contributed by atoms with Crippen LogP contribution in [0.25, 0.3) is 0 Å². The van der Waals surface area contributed by atoms with Gasteiger partial charge in [-0.3, -0.25) is 9.59 Å². The average molecular weight is 289 g/mol. The lowest BCUT2D eigenvalue weighted by Crippen LogP contribution is -2.16. The molecule has 0 aliphatic carbocycles. The fraction of sp³-hybridized carbons (Fsp3) is 0.125. The minimum Gasteiger partial charge on any atom is -0.322 e. The normalized spacial score (nSPS) is 10.3. The van der Waals surface area contributed by atoms with E-state index in [9.17, 15) is 18.4 Å². The molecular formula is C16H13F2NO2. The Hall–Kier alpha value is -2.56. The molecule has 0 spiro atoms. The Balaban J connectivity index is 2.26. The third kappa shape index (κ3) is 3.13. The number of hydrogen-bond acceptors (Lipinski definition) is 2. The highest BCUT2D eigenvalue weighted by Crippen LogP contribution is 2.18. The number of Topliss-reactive ketones (excluding diaryl/α,β-unsaturated/α-hetero) is 1. The van der Waals surface area contributed by atoms with Gasteiger partial charge in [0.25, 0.3) is 5.91 Å². The number of carbonyl (C=O) groups is 2. The Morgan fingerprint density at radius 3 is 2.19 bits per heavy atom. The van der Waals surface area contributed by atoms with E-state index >= 15 is 0 Å². The number of nitrogens with one attached hydrogen (secondary N) is 1. The maximum absolute atomic E-state index is 13.8. The molecule has 108 valence electrons. The summed E-state index contributed by atoms with van der Waals surface area (Å²) in [7, 11) is 0. The van der Waals surface area contributed by atoms with Gasteiger partial charge < -0.3 is 5.32 Å². The molecule has 0 unspecified atom stereocenters. The van der Waals surface area contributed by atoms with E-state index in [0.29, 0.717) is 11.3 Å². The summed E-state index contributed by atoms with van der Waals surface area (Å²) in [4.78, 5) is 23.1. The van der Waals surface area contributed by atoms with E-state index in [-0.39, 0.29) is 11.3 Å². The predicted octanol–water partition coefficient (Wildman–Crippen LogP) is 3.73. The number of ketones is 1. The van der Waals surface area contributed by atoms with Crippen LogP contribution >= 0.6 is 0 Å². The van der Waals surface area contributed by atoms with Gasteiger partial charge in [-0.2, -0.15) is 0 Å². The zero-order valence-electron chi connectivity index (χ0n) is 11.5. The van der Waals surface area contributed by atoms with Crippen molar-refractivity contribution in [2.45, 2.75) is 13.8 Å². The molecule has 0 saturated heterocycles. The van der Waals surface area contributed by atoms with Crippen molar-refractivity contribution in [1.82, 2.24) is 0 Å². The topological polar surface area (TPSA) is 46.2 Å². The predicted molar refractivity (Wildman–Crippen MR) is 75.5 cm³/mol. The summed E-state index contributed by atoms with van der Waals surface area (Å²) in [5.41, 5.74) is 0.408. The van der Waals surface area contributed by atoms with E-state index in [1.165, 1.54) is 44.2 Å². The Bertz CT molecular complexity index is 709. The first-order chi connectivity index (χ1) is 9.90. The molecule has 0 aromatic heterocycles. The van der Waals surface area contributed by atoms with E-state index in [0.717, 1.165) is 6.07 Å². The van der Waals surface area contributed by atoms with Gasteiger partial charge in [-0.1, -0.05) is 6.07 Å². The first kappa shape index (κ1) is 14.8. The summed E-state index contributed by atoms with van der Waals surface area (Å²) < 4.78 is 27.4. The van der Waals surface area contributed by atoms with Crippen molar-refractivity contribution in [3.63, 3.8) is 0 Å². The highest BCUT2D eigenvalue weighted by molar-refractivity contribution is 6.05. The maximum Gasteiger partial charge on any atom is 0.261 e. The lowest BCUT2D eigenvalue weighted by molar-refractivity contribution is 0.101. The molecule has 0 radical (unpaired) electrons. The van der Waals surface area contributed by atoms with Gasteiger partial charge in [0, 0.05) is 11.3 Å². The number of hydrogen-bond donors (Lipinski definition) is 1. The van der Waals surface area contributed by atoms with Crippen molar-refractivity contribution in [3.8, 4) is 0 Å². The summed E-state index contributed by atoms with van der Waals surface area (Å²) in [5, 5.41) is 2.40. The molecule has 0 heterocycles. The summed E-state index contributed by atoms with van der Waals surface area (Å²) >= 11 is 0. The molecule has 0 saturated carbocycles. The van der Waals surface area contributed by atoms with Crippen LogP contribution in [0.1, 0.15) is 33.2 Å². The van der Waals surface area contributed by atoms with Crippen LogP contribution in [-0.4, -0.2) is 11.7 Å². The van der Waals surface area contributed by atoms with Crippen LogP contribution in [0.2, 0.25) is 0 Å². The highest BCUT2D eigenvalue weighted by atomic mass is 19.1. The van der Waals surface area contributed by atoms with Gasteiger partial charge >= 0.3 is 0 Å². The SMILES string of the molecule is CC(=O)c1ccc(NC(=O)c2c(F)ccc(C)c2F)cc1. The molecule has 2 rings (SSSR count). The summed E-state index contributed by atoms with van der Waals surface area (Å²) in [6.07, 6.45) is 0. The van der Waals surface area contributed by atoms with Crippen molar-refractivity contribution >= 4 is 17.4 Å². The molecule has 21 heavy (non-hydrogen) atoms. The summed E-state index contributed by atoms with van der Waals surface area (Å²) in [6, 6.07) is 8.37. The molecule has 0 aliphatic heterocycles. The largest absolute Gasteiger partial charge is 0.322 e. The quantitative estimate of drug-likeness (QED) is 0.875. The van der Waals surface area contributed by atoms with Crippen LogP contribution < -0.4 is 5.32 Å². The van der Waals surface area contributed by atoms with Crippen molar-refractivity contribution in [3.05, 3.63) is 64.7 Å². The lowest BCUT2D eigenvalue weighted by Gasteiger charge is -2.09. The molecule has 5 heteroatoms.